The van der Waals surface area contributed by atoms with Crippen molar-refractivity contribution >= 4 is 5.97 Å². The summed E-state index contributed by atoms with van der Waals surface area (Å²) in [7, 11) is 0. The third-order valence-electron chi connectivity index (χ3n) is 7.93. The molecule has 6 rings (SSSR count). The van der Waals surface area contributed by atoms with E-state index in [9.17, 15) is 14.4 Å². The SMILES string of the molecule is CCOc1cc(C(c2c(C)[nH]n(-c3ccccc3)c2=O)c2c(C)[nH]n(-c3ccccc3)c2=O)ccc1OC(=O)c1ccc(C)cc1. The minimum Gasteiger partial charge on any atom is -0.490 e. The fourth-order valence-corrected chi connectivity index (χ4v) is 5.70. The van der Waals surface area contributed by atoms with Gasteiger partial charge in [-0.05, 0) is 81.8 Å². The summed E-state index contributed by atoms with van der Waals surface area (Å²) >= 11 is 0. The second-order valence-electron chi connectivity index (χ2n) is 11.1. The van der Waals surface area contributed by atoms with Crippen LogP contribution in [0.1, 0.15) is 56.8 Å². The number of ether oxygens (including phenoxy) is 2. The van der Waals surface area contributed by atoms with Crippen LogP contribution in [0.2, 0.25) is 0 Å². The van der Waals surface area contributed by atoms with Crippen molar-refractivity contribution in [2.45, 2.75) is 33.6 Å². The van der Waals surface area contributed by atoms with Crippen molar-refractivity contribution in [2.24, 2.45) is 0 Å². The van der Waals surface area contributed by atoms with Gasteiger partial charge >= 0.3 is 5.97 Å². The number of benzene rings is 4. The number of aromatic amines is 2. The highest BCUT2D eigenvalue weighted by Gasteiger charge is 2.32. The maximum Gasteiger partial charge on any atom is 0.343 e. The number of H-pyrrole nitrogens is 2. The first-order valence-electron chi connectivity index (χ1n) is 15.1. The summed E-state index contributed by atoms with van der Waals surface area (Å²) in [5.41, 5.74) is 4.87. The minimum absolute atomic E-state index is 0.231. The Bertz CT molecular complexity index is 2020. The Kier molecular flexibility index (Phi) is 8.31. The van der Waals surface area contributed by atoms with Crippen molar-refractivity contribution in [1.82, 2.24) is 19.6 Å². The molecule has 6 aromatic rings. The Balaban J connectivity index is 1.52. The predicted octanol–water partition coefficient (Wildman–Crippen LogP) is 6.37. The number of hydrogen-bond acceptors (Lipinski definition) is 5. The average molecular weight is 615 g/mol. The second kappa shape index (κ2) is 12.6. The van der Waals surface area contributed by atoms with E-state index in [2.05, 4.69) is 10.2 Å². The minimum atomic E-state index is -0.788. The molecule has 0 aliphatic heterocycles. The highest BCUT2D eigenvalue weighted by Crippen LogP contribution is 2.38. The van der Waals surface area contributed by atoms with E-state index in [1.165, 1.54) is 9.36 Å². The number of carbonyl (C=O) groups is 1. The van der Waals surface area contributed by atoms with Gasteiger partial charge in [-0.2, -0.15) is 0 Å². The lowest BCUT2D eigenvalue weighted by molar-refractivity contribution is 0.0728. The van der Waals surface area contributed by atoms with Crippen molar-refractivity contribution in [3.8, 4) is 22.9 Å². The Morgan fingerprint density at radius 3 is 1.72 bits per heavy atom. The molecular weight excluding hydrogens is 580 g/mol. The van der Waals surface area contributed by atoms with Gasteiger partial charge in [-0.1, -0.05) is 60.2 Å². The summed E-state index contributed by atoms with van der Waals surface area (Å²) in [4.78, 5) is 41.4. The molecule has 0 atom stereocenters. The number of hydrogen-bond donors (Lipinski definition) is 2. The highest BCUT2D eigenvalue weighted by atomic mass is 16.6. The molecule has 46 heavy (non-hydrogen) atoms. The molecule has 0 spiro atoms. The van der Waals surface area contributed by atoms with Crippen molar-refractivity contribution in [3.05, 3.63) is 163 Å². The predicted molar refractivity (Wildman–Crippen MR) is 177 cm³/mol. The molecule has 0 amide bonds. The molecule has 0 unspecified atom stereocenters. The maximum absolute atomic E-state index is 14.2. The molecule has 9 heteroatoms. The fraction of sp³-hybridized carbons (Fsp3) is 0.162. The summed E-state index contributed by atoms with van der Waals surface area (Å²) in [5, 5.41) is 6.42. The summed E-state index contributed by atoms with van der Waals surface area (Å²) in [6.07, 6.45) is 0. The van der Waals surface area contributed by atoms with Crippen LogP contribution in [0.5, 0.6) is 11.5 Å². The Labute approximate surface area is 265 Å². The monoisotopic (exact) mass is 614 g/mol. The first kappa shape index (κ1) is 30.2. The van der Waals surface area contributed by atoms with Crippen LogP contribution < -0.4 is 20.6 Å². The quantitative estimate of drug-likeness (QED) is 0.145. The first-order chi connectivity index (χ1) is 22.3. The standard InChI is InChI=1S/C37H34N4O5/c1-5-45-31-22-27(20-21-30(31)46-37(44)26-18-16-23(2)17-19-26)34(32-24(3)38-40(35(32)42)28-12-8-6-9-13-28)33-25(4)39-41(36(33)43)29-14-10-7-11-15-29/h6-22,34,38-39H,5H2,1-4H3. The molecule has 4 aromatic carbocycles. The van der Waals surface area contributed by atoms with E-state index in [0.717, 1.165) is 5.56 Å². The second-order valence-corrected chi connectivity index (χ2v) is 11.1. The van der Waals surface area contributed by atoms with E-state index in [0.29, 0.717) is 57.4 Å². The number of carbonyl (C=O) groups excluding carboxylic acids is 1. The van der Waals surface area contributed by atoms with Crippen LogP contribution in [0, 0.1) is 20.8 Å². The largest absolute Gasteiger partial charge is 0.490 e. The van der Waals surface area contributed by atoms with Gasteiger partial charge in [0, 0.05) is 17.3 Å². The number of rotatable bonds is 9. The molecule has 0 aliphatic carbocycles. The van der Waals surface area contributed by atoms with Crippen molar-refractivity contribution in [2.75, 3.05) is 6.61 Å². The van der Waals surface area contributed by atoms with Crippen LogP contribution in [0.25, 0.3) is 11.4 Å². The van der Waals surface area contributed by atoms with E-state index in [4.69, 9.17) is 9.47 Å². The smallest absolute Gasteiger partial charge is 0.343 e. The Hall–Kier alpha value is -5.83. The molecule has 0 bridgehead atoms. The third-order valence-corrected chi connectivity index (χ3v) is 7.93. The molecule has 9 nitrogen and oxygen atoms in total. The van der Waals surface area contributed by atoms with Crippen LogP contribution in [-0.4, -0.2) is 32.1 Å². The summed E-state index contributed by atoms with van der Waals surface area (Å²) in [5.74, 6) is -0.762. The zero-order valence-electron chi connectivity index (χ0n) is 26.0. The molecular formula is C37H34N4O5. The van der Waals surface area contributed by atoms with Crippen molar-refractivity contribution in [3.63, 3.8) is 0 Å². The first-order valence-corrected chi connectivity index (χ1v) is 15.1. The topological polar surface area (TPSA) is 111 Å². The molecule has 232 valence electrons. The number of aromatic nitrogens is 4. The van der Waals surface area contributed by atoms with E-state index in [1.807, 2.05) is 100 Å². The normalized spacial score (nSPS) is 11.2. The number of nitrogens with one attached hydrogen (secondary N) is 2. The summed E-state index contributed by atoms with van der Waals surface area (Å²) < 4.78 is 14.7. The summed E-state index contributed by atoms with van der Waals surface area (Å²) in [6, 6.07) is 30.8. The molecule has 0 fully saturated rings. The van der Waals surface area contributed by atoms with Gasteiger partial charge in [-0.3, -0.25) is 19.8 Å². The zero-order valence-corrected chi connectivity index (χ0v) is 26.0. The van der Waals surface area contributed by atoms with Gasteiger partial charge < -0.3 is 9.47 Å². The lowest BCUT2D eigenvalue weighted by Crippen LogP contribution is -2.25. The van der Waals surface area contributed by atoms with Gasteiger partial charge in [0.2, 0.25) is 0 Å². The van der Waals surface area contributed by atoms with E-state index >= 15 is 0 Å². The molecule has 0 aliphatic rings. The van der Waals surface area contributed by atoms with Gasteiger partial charge in [-0.25, -0.2) is 14.2 Å². The number of esters is 1. The number of para-hydroxylation sites is 2. The van der Waals surface area contributed by atoms with E-state index in [1.54, 1.807) is 30.3 Å². The van der Waals surface area contributed by atoms with Gasteiger partial charge in [0.15, 0.2) is 11.5 Å². The number of aryl methyl sites for hydroxylation is 3. The molecule has 2 heterocycles. The Morgan fingerprint density at radius 2 is 1.22 bits per heavy atom. The van der Waals surface area contributed by atoms with Crippen molar-refractivity contribution in [1.29, 1.82) is 0 Å². The van der Waals surface area contributed by atoms with Crippen molar-refractivity contribution < 1.29 is 14.3 Å². The van der Waals surface area contributed by atoms with Gasteiger partial charge in [0.05, 0.1) is 34.7 Å². The van der Waals surface area contributed by atoms with Crippen LogP contribution in [0.4, 0.5) is 0 Å². The zero-order chi connectivity index (χ0) is 32.4. The van der Waals surface area contributed by atoms with Crippen LogP contribution in [-0.2, 0) is 0 Å². The van der Waals surface area contributed by atoms with Gasteiger partial charge in [0.1, 0.15) is 0 Å². The van der Waals surface area contributed by atoms with Crippen LogP contribution >= 0.6 is 0 Å². The van der Waals surface area contributed by atoms with E-state index in [-0.39, 0.29) is 16.9 Å². The summed E-state index contributed by atoms with van der Waals surface area (Å²) in [6.45, 7) is 7.72. The maximum atomic E-state index is 14.2. The molecule has 2 aromatic heterocycles. The average Bonchev–Trinajstić information content (AvgIpc) is 3.53. The van der Waals surface area contributed by atoms with E-state index < -0.39 is 11.9 Å². The third kappa shape index (κ3) is 5.70. The Morgan fingerprint density at radius 1 is 0.696 bits per heavy atom. The lowest BCUT2D eigenvalue weighted by atomic mass is 9.85. The molecule has 0 radical (unpaired) electrons. The number of nitrogens with zero attached hydrogens (tertiary/aromatic N) is 2. The van der Waals surface area contributed by atoms with Gasteiger partial charge in [0.25, 0.3) is 11.1 Å². The molecule has 0 saturated heterocycles. The van der Waals surface area contributed by atoms with Gasteiger partial charge in [-0.15, -0.1) is 0 Å². The molecule has 2 N–H and O–H groups in total. The fourth-order valence-electron chi connectivity index (χ4n) is 5.70. The van der Waals surface area contributed by atoms with Crippen LogP contribution in [0.15, 0.2) is 113 Å². The van der Waals surface area contributed by atoms with Crippen LogP contribution in [0.3, 0.4) is 0 Å². The molecule has 0 saturated carbocycles. The highest BCUT2D eigenvalue weighted by molar-refractivity contribution is 5.91. The lowest BCUT2D eigenvalue weighted by Gasteiger charge is -2.18.